The van der Waals surface area contributed by atoms with Gasteiger partial charge >= 0.3 is 5.97 Å². The summed E-state index contributed by atoms with van der Waals surface area (Å²) < 4.78 is 1.12. The number of piperidine rings is 2. The number of benzene rings is 4. The highest BCUT2D eigenvalue weighted by Crippen LogP contribution is 2.40. The quantitative estimate of drug-likeness (QED) is 0.112. The highest BCUT2D eigenvalue weighted by atomic mass is 79.9. The second-order valence-corrected chi connectivity index (χ2v) is 21.0. The summed E-state index contributed by atoms with van der Waals surface area (Å²) in [6.07, 6.45) is 12.9. The van der Waals surface area contributed by atoms with E-state index in [2.05, 4.69) is 156 Å². The van der Waals surface area contributed by atoms with E-state index < -0.39 is 5.97 Å². The summed E-state index contributed by atoms with van der Waals surface area (Å²) in [6, 6.07) is 30.9. The molecule has 0 saturated carbocycles. The minimum absolute atomic E-state index is 0.373. The van der Waals surface area contributed by atoms with Crippen molar-refractivity contribution in [1.82, 2.24) is 19.8 Å². The van der Waals surface area contributed by atoms with Crippen LogP contribution in [0.25, 0.3) is 21.8 Å². The number of rotatable bonds is 11. The van der Waals surface area contributed by atoms with Gasteiger partial charge in [-0.2, -0.15) is 0 Å². The molecular weight excluding hydrogens is 880 g/mol. The number of carbonyl (C=O) groups is 1. The van der Waals surface area contributed by atoms with Crippen LogP contribution in [0, 0.1) is 5.41 Å². The summed E-state index contributed by atoms with van der Waals surface area (Å²) in [7, 11) is 0. The van der Waals surface area contributed by atoms with Crippen LogP contribution in [0.15, 0.2) is 134 Å². The number of aromatic nitrogens is 2. The molecule has 0 bridgehead atoms. The topological polar surface area (TPSA) is 75.4 Å². The van der Waals surface area contributed by atoms with Gasteiger partial charge in [-0.05, 0) is 166 Å². The van der Waals surface area contributed by atoms with Crippen LogP contribution in [0.3, 0.4) is 0 Å². The fourth-order valence-corrected chi connectivity index (χ4v) is 11.0. The number of carboxylic acid groups (broad SMARTS) is 1. The molecule has 2 aliphatic rings. The molecule has 0 radical (unpaired) electrons. The second kappa shape index (κ2) is 22.3. The Labute approximate surface area is 385 Å². The van der Waals surface area contributed by atoms with Crippen molar-refractivity contribution in [1.29, 1.82) is 0 Å². The van der Waals surface area contributed by atoms with Crippen molar-refractivity contribution in [2.75, 3.05) is 32.7 Å². The number of halogens is 2. The molecule has 6 aromatic rings. The minimum atomic E-state index is -0.981. The Bertz CT molecular complexity index is 2330. The lowest BCUT2D eigenvalue weighted by Crippen LogP contribution is -2.40. The average Bonchev–Trinajstić information content (AvgIpc) is 3.88. The average molecular weight is 943 g/mol. The van der Waals surface area contributed by atoms with Crippen LogP contribution >= 0.6 is 51.1 Å². The third-order valence-electron chi connectivity index (χ3n) is 11.8. The second-order valence-electron chi connectivity index (χ2n) is 17.4. The van der Waals surface area contributed by atoms with E-state index in [0.717, 1.165) is 26.5 Å². The first-order valence-corrected chi connectivity index (χ1v) is 24.5. The van der Waals surface area contributed by atoms with E-state index in [1.165, 1.54) is 119 Å². The van der Waals surface area contributed by atoms with Crippen LogP contribution in [0.4, 0.5) is 0 Å². The highest BCUT2D eigenvalue weighted by molar-refractivity contribution is 9.10. The fraction of sp³-hybridized carbons (Fsp3) is 0.392. The number of nitrogens with zero attached hydrogens (tertiary/aromatic N) is 2. The monoisotopic (exact) mass is 940 g/mol. The number of aliphatic carboxylic acids is 1. The fourth-order valence-electron chi connectivity index (χ4n) is 8.79. The third-order valence-corrected chi connectivity index (χ3v) is 14.8. The summed E-state index contributed by atoms with van der Waals surface area (Å²) in [6.45, 7) is 20.6. The lowest BCUT2D eigenvalue weighted by molar-refractivity contribution is -0.131. The van der Waals surface area contributed by atoms with Crippen LogP contribution in [0.5, 0.6) is 0 Å². The van der Waals surface area contributed by atoms with E-state index in [-0.39, 0.29) is 0 Å². The molecule has 2 aliphatic heterocycles. The van der Waals surface area contributed by atoms with E-state index in [0.29, 0.717) is 17.3 Å². The number of hydrogen-bond donors (Lipinski definition) is 3. The molecule has 2 fully saturated rings. The molecule has 0 aliphatic carbocycles. The van der Waals surface area contributed by atoms with Crippen molar-refractivity contribution in [2.45, 2.75) is 111 Å². The number of aromatic amines is 2. The van der Waals surface area contributed by atoms with Crippen LogP contribution in [0.2, 0.25) is 5.02 Å². The van der Waals surface area contributed by atoms with Crippen LogP contribution in [-0.4, -0.2) is 69.6 Å². The third kappa shape index (κ3) is 13.3. The highest BCUT2D eigenvalue weighted by Gasteiger charge is 2.27. The number of nitrogens with one attached hydrogen (secondary N) is 2. The first-order valence-electron chi connectivity index (χ1n) is 21.7. The zero-order valence-corrected chi connectivity index (χ0v) is 40.3. The van der Waals surface area contributed by atoms with E-state index in [1.54, 1.807) is 11.8 Å². The van der Waals surface area contributed by atoms with Gasteiger partial charge in [0, 0.05) is 76.9 Å². The maximum absolute atomic E-state index is 9.25. The van der Waals surface area contributed by atoms with Crippen LogP contribution in [-0.2, 0) is 4.79 Å². The normalized spacial score (nSPS) is 15.7. The van der Waals surface area contributed by atoms with Gasteiger partial charge in [-0.25, -0.2) is 4.79 Å². The van der Waals surface area contributed by atoms with Crippen molar-refractivity contribution >= 4 is 78.8 Å². The molecule has 0 unspecified atom stereocenters. The van der Waals surface area contributed by atoms with E-state index in [4.69, 9.17) is 16.7 Å². The van der Waals surface area contributed by atoms with Gasteiger partial charge in [0.1, 0.15) is 0 Å². The van der Waals surface area contributed by atoms with Crippen molar-refractivity contribution in [3.8, 4) is 0 Å². The van der Waals surface area contributed by atoms with Crippen molar-refractivity contribution in [3.63, 3.8) is 0 Å². The van der Waals surface area contributed by atoms with Crippen LogP contribution in [0.1, 0.15) is 96.1 Å². The zero-order valence-electron chi connectivity index (χ0n) is 36.4. The predicted molar refractivity (Wildman–Crippen MR) is 264 cm³/mol. The van der Waals surface area contributed by atoms with Gasteiger partial charge in [0.15, 0.2) is 0 Å². The van der Waals surface area contributed by atoms with Gasteiger partial charge < -0.3 is 24.9 Å². The summed E-state index contributed by atoms with van der Waals surface area (Å²) in [5, 5.41) is 11.2. The molecule has 2 saturated heterocycles. The Morgan fingerprint density at radius 3 is 1.79 bits per heavy atom. The van der Waals surface area contributed by atoms with Gasteiger partial charge in [-0.3, -0.25) is 0 Å². The zero-order chi connectivity index (χ0) is 43.5. The molecule has 0 atom stereocenters. The summed E-state index contributed by atoms with van der Waals surface area (Å²) in [5.41, 5.74) is 5.86. The van der Waals surface area contributed by atoms with E-state index >= 15 is 0 Å². The lowest BCUT2D eigenvalue weighted by Gasteiger charge is -2.37. The molecule has 0 amide bonds. The molecule has 3 N–H and O–H groups in total. The number of H-pyrrole nitrogens is 2. The standard InChI is InChI=1S/C24H29BrN2S.C24H29ClN2S.C3H4O2/c1-3-19(4-2)27-13-11-17(12-14-27)23-16-26-24-10-9-21(15-22(23)24)28-20-7-5-18(25)6-8-20;1-24(2,3)16-27-12-10-17(11-13-27)20-15-26-22-9-8-18(14-19(20)22)28-23-7-5-4-6-21(23)25;1-2-3(4)5/h5-10,15-17,19,26H,3-4,11-14H2,1-2H3;4-9,14-15,17,26H,10-13,16H2,1-3H3;2H,1H2,(H,4,5). The molecule has 61 heavy (non-hydrogen) atoms. The van der Waals surface area contributed by atoms with Crippen LogP contribution < -0.4 is 0 Å². The summed E-state index contributed by atoms with van der Waals surface area (Å²) in [5.74, 6) is 0.336. The number of likely N-dealkylation sites (tertiary alicyclic amines) is 2. The molecule has 324 valence electrons. The molecule has 2 aromatic heterocycles. The SMILES string of the molecule is C=CC(=O)O.CC(C)(C)CN1CCC(c2c[nH]c3ccc(Sc4ccccc4Cl)cc23)CC1.CCC(CC)N1CCC(c2c[nH]c3ccc(Sc4ccc(Br)cc4)cc23)CC1. The van der Waals surface area contributed by atoms with Gasteiger partial charge in [0.05, 0.1) is 5.02 Å². The molecule has 10 heteroatoms. The molecule has 0 spiro atoms. The Hall–Kier alpha value is -3.44. The number of hydrogen-bond acceptors (Lipinski definition) is 5. The summed E-state index contributed by atoms with van der Waals surface area (Å²) >= 11 is 13.4. The lowest BCUT2D eigenvalue weighted by atomic mass is 9.87. The molecule has 4 heterocycles. The van der Waals surface area contributed by atoms with Gasteiger partial charge in [-0.15, -0.1) is 0 Å². The van der Waals surface area contributed by atoms with Crippen molar-refractivity contribution in [2.24, 2.45) is 5.41 Å². The Balaban J connectivity index is 0.000000184. The number of carboxylic acids is 1. The maximum Gasteiger partial charge on any atom is 0.327 e. The smallest absolute Gasteiger partial charge is 0.327 e. The molecule has 6 nitrogen and oxygen atoms in total. The largest absolute Gasteiger partial charge is 0.478 e. The van der Waals surface area contributed by atoms with Gasteiger partial charge in [0.25, 0.3) is 0 Å². The summed E-state index contributed by atoms with van der Waals surface area (Å²) in [4.78, 5) is 26.5. The van der Waals surface area contributed by atoms with Gasteiger partial charge in [-0.1, -0.05) is 104 Å². The molecular formula is C51H62BrClN4O2S2. The van der Waals surface area contributed by atoms with E-state index in [1.807, 2.05) is 30.0 Å². The van der Waals surface area contributed by atoms with E-state index in [9.17, 15) is 4.79 Å². The minimum Gasteiger partial charge on any atom is -0.478 e. The van der Waals surface area contributed by atoms with Crippen molar-refractivity contribution < 1.29 is 9.90 Å². The maximum atomic E-state index is 9.25. The molecule has 4 aromatic carbocycles. The number of fused-ring (bicyclic) bond motifs is 2. The first kappa shape index (κ1) is 47.0. The van der Waals surface area contributed by atoms with Gasteiger partial charge in [0.2, 0.25) is 0 Å². The first-order chi connectivity index (χ1) is 29.3. The Morgan fingerprint density at radius 1 is 0.803 bits per heavy atom. The predicted octanol–water partition coefficient (Wildman–Crippen LogP) is 14.9. The molecule has 8 rings (SSSR count). The Kier molecular flexibility index (Phi) is 17.2. The Morgan fingerprint density at radius 2 is 1.30 bits per heavy atom. The van der Waals surface area contributed by atoms with Crippen molar-refractivity contribution in [3.05, 3.63) is 131 Å².